The predicted octanol–water partition coefficient (Wildman–Crippen LogP) is 3.20. The Hall–Kier alpha value is -2.97. The van der Waals surface area contributed by atoms with Crippen molar-refractivity contribution in [3.63, 3.8) is 0 Å². The van der Waals surface area contributed by atoms with Crippen LogP contribution in [-0.4, -0.2) is 93.1 Å². The van der Waals surface area contributed by atoms with Gasteiger partial charge in [0.2, 0.25) is 17.7 Å². The van der Waals surface area contributed by atoms with Gasteiger partial charge in [-0.15, -0.1) is 0 Å². The second-order valence-electron chi connectivity index (χ2n) is 14.3. The maximum Gasteiger partial charge on any atom is 0.249 e. The number of hydrogen-bond acceptors (Lipinski definition) is 5. The van der Waals surface area contributed by atoms with Crippen LogP contribution >= 0.6 is 0 Å². The topological polar surface area (TPSA) is 90.4 Å². The van der Waals surface area contributed by atoms with Crippen molar-refractivity contribution in [3.8, 4) is 0 Å². The molecule has 8 nitrogen and oxygen atoms in total. The molecule has 2 saturated heterocycles. The molecule has 2 fully saturated rings. The first kappa shape index (κ1) is 29.5. The van der Waals surface area contributed by atoms with Crippen LogP contribution in [0.5, 0.6) is 0 Å². The van der Waals surface area contributed by atoms with Gasteiger partial charge in [-0.3, -0.25) is 14.4 Å². The molecule has 1 unspecified atom stereocenters. The number of rotatable bonds is 6. The molecule has 1 aromatic rings. The Morgan fingerprint density at radius 3 is 2.24 bits per heavy atom. The van der Waals surface area contributed by atoms with Crippen LogP contribution < -0.4 is 0 Å². The summed E-state index contributed by atoms with van der Waals surface area (Å²) >= 11 is 0. The Bertz CT molecular complexity index is 1270. The molecule has 0 saturated carbocycles. The van der Waals surface area contributed by atoms with E-state index in [1.54, 1.807) is 16.8 Å². The number of ether oxygens (including phenoxy) is 1. The number of nitrogens with zero attached hydrogens (tertiary/aromatic N) is 3. The van der Waals surface area contributed by atoms with E-state index in [1.165, 1.54) is 0 Å². The second kappa shape index (κ2) is 10.1. The summed E-state index contributed by atoms with van der Waals surface area (Å²) in [5.41, 5.74) is -2.01. The third-order valence-corrected chi connectivity index (χ3v) is 9.31. The molecule has 1 aromatic carbocycles. The Balaban J connectivity index is 1.66. The van der Waals surface area contributed by atoms with Crippen molar-refractivity contribution >= 4 is 17.7 Å². The van der Waals surface area contributed by atoms with Gasteiger partial charge in [-0.2, -0.15) is 0 Å². The lowest BCUT2D eigenvalue weighted by molar-refractivity contribution is -0.159. The van der Waals surface area contributed by atoms with Crippen LogP contribution in [0.15, 0.2) is 54.6 Å². The van der Waals surface area contributed by atoms with Gasteiger partial charge in [0.25, 0.3) is 0 Å². The van der Waals surface area contributed by atoms with Gasteiger partial charge in [0, 0.05) is 25.7 Å². The molecule has 4 heterocycles. The molecule has 0 radical (unpaired) electrons. The van der Waals surface area contributed by atoms with Gasteiger partial charge >= 0.3 is 0 Å². The Morgan fingerprint density at radius 1 is 0.951 bits per heavy atom. The molecule has 5 rings (SSSR count). The first-order valence-corrected chi connectivity index (χ1v) is 14.7. The van der Waals surface area contributed by atoms with Gasteiger partial charge in [0.15, 0.2) is 0 Å². The zero-order valence-corrected chi connectivity index (χ0v) is 25.5. The maximum atomic E-state index is 14.9. The van der Waals surface area contributed by atoms with Crippen LogP contribution in [0.25, 0.3) is 0 Å². The van der Waals surface area contributed by atoms with Crippen molar-refractivity contribution in [2.24, 2.45) is 17.3 Å². The molecule has 222 valence electrons. The number of likely N-dealkylation sites (tertiary alicyclic amines) is 1. The molecule has 6 atom stereocenters. The number of fused-ring (bicyclic) bond motifs is 2. The number of aliphatic hydroxyl groups is 1. The quantitative estimate of drug-likeness (QED) is 0.537. The van der Waals surface area contributed by atoms with Crippen LogP contribution in [0.2, 0.25) is 0 Å². The third kappa shape index (κ3) is 4.83. The standard InChI is InChI=1S/C33H45N3O5/c1-30(2,3)21-31(4,5)35-18-12-16-33-25(24-27(38)34(7)17-11-15-32(24,6)41-33)28(39)36(26(33)29(35)40)23(20-37)19-22-13-9-8-10-14-22/h8-16,23-26,37H,17-21H2,1-7H3/t23-,24+,25+,26?,32-,33+/m1/s1. The lowest BCUT2D eigenvalue weighted by atomic mass is 9.74. The molecule has 0 aromatic heterocycles. The molecule has 1 spiro atoms. The Morgan fingerprint density at radius 2 is 1.61 bits per heavy atom. The van der Waals surface area contributed by atoms with Gasteiger partial charge in [-0.25, -0.2) is 0 Å². The summed E-state index contributed by atoms with van der Waals surface area (Å²) in [6.45, 7) is 12.9. The van der Waals surface area contributed by atoms with Gasteiger partial charge in [0.05, 0.1) is 30.1 Å². The number of carbonyl (C=O) groups excluding carboxylic acids is 3. The number of hydrogen-bond donors (Lipinski definition) is 1. The predicted molar refractivity (Wildman–Crippen MR) is 157 cm³/mol. The summed E-state index contributed by atoms with van der Waals surface area (Å²) in [6, 6.07) is 7.98. The summed E-state index contributed by atoms with van der Waals surface area (Å²) in [5.74, 6) is -2.40. The maximum absolute atomic E-state index is 14.9. The van der Waals surface area contributed by atoms with E-state index in [1.807, 2.05) is 66.5 Å². The van der Waals surface area contributed by atoms with Gasteiger partial charge < -0.3 is 24.5 Å². The van der Waals surface area contributed by atoms with E-state index in [0.717, 1.165) is 12.0 Å². The summed E-state index contributed by atoms with van der Waals surface area (Å²) in [7, 11) is 1.73. The van der Waals surface area contributed by atoms with Crippen LogP contribution in [0.4, 0.5) is 0 Å². The highest BCUT2D eigenvalue weighted by atomic mass is 16.5. The number of amides is 3. The van der Waals surface area contributed by atoms with Crippen molar-refractivity contribution in [2.75, 3.05) is 26.7 Å². The first-order valence-electron chi connectivity index (χ1n) is 14.7. The number of carbonyl (C=O) groups is 3. The Kier molecular flexibility index (Phi) is 7.26. The fraction of sp³-hybridized carbons (Fsp3) is 0.606. The smallest absolute Gasteiger partial charge is 0.249 e. The van der Waals surface area contributed by atoms with E-state index < -0.39 is 40.7 Å². The van der Waals surface area contributed by atoms with E-state index in [4.69, 9.17) is 4.74 Å². The van der Waals surface area contributed by atoms with E-state index in [0.29, 0.717) is 19.5 Å². The van der Waals surface area contributed by atoms with Gasteiger partial charge in [-0.1, -0.05) is 75.4 Å². The zero-order chi connectivity index (χ0) is 30.0. The van der Waals surface area contributed by atoms with E-state index >= 15 is 0 Å². The molecule has 3 amide bonds. The van der Waals surface area contributed by atoms with Crippen molar-refractivity contribution < 1.29 is 24.2 Å². The fourth-order valence-electron chi connectivity index (χ4n) is 8.05. The van der Waals surface area contributed by atoms with Crippen LogP contribution in [-0.2, 0) is 25.5 Å². The number of likely N-dealkylation sites (N-methyl/N-ethyl adjacent to an activating group) is 1. The number of aliphatic hydroxyl groups excluding tert-OH is 1. The van der Waals surface area contributed by atoms with Crippen LogP contribution in [0.3, 0.4) is 0 Å². The van der Waals surface area contributed by atoms with Crippen molar-refractivity contribution in [2.45, 2.75) is 83.2 Å². The summed E-state index contributed by atoms with van der Waals surface area (Å²) in [4.78, 5) is 48.4. The largest absolute Gasteiger partial charge is 0.394 e. The average molecular weight is 564 g/mol. The van der Waals surface area contributed by atoms with E-state index in [-0.39, 0.29) is 29.7 Å². The van der Waals surface area contributed by atoms with E-state index in [9.17, 15) is 19.5 Å². The molecule has 0 bridgehead atoms. The first-order chi connectivity index (χ1) is 19.2. The summed E-state index contributed by atoms with van der Waals surface area (Å²) in [6.07, 6.45) is 8.73. The highest BCUT2D eigenvalue weighted by molar-refractivity contribution is 6.00. The molecule has 4 aliphatic rings. The molecular weight excluding hydrogens is 518 g/mol. The van der Waals surface area contributed by atoms with Gasteiger partial charge in [0.1, 0.15) is 11.6 Å². The fourth-order valence-corrected chi connectivity index (χ4v) is 8.05. The van der Waals surface area contributed by atoms with E-state index in [2.05, 4.69) is 34.6 Å². The minimum atomic E-state index is -1.34. The molecular formula is C33H45N3O5. The molecule has 0 aliphatic carbocycles. The normalized spacial score (nSPS) is 32.5. The molecule has 41 heavy (non-hydrogen) atoms. The van der Waals surface area contributed by atoms with Gasteiger partial charge in [-0.05, 0) is 44.6 Å². The molecule has 1 N–H and O–H groups in total. The minimum absolute atomic E-state index is 0.0432. The van der Waals surface area contributed by atoms with Crippen LogP contribution in [0.1, 0.15) is 53.5 Å². The second-order valence-corrected chi connectivity index (χ2v) is 14.3. The average Bonchev–Trinajstić information content (AvgIpc) is 3.16. The number of benzene rings is 1. The Labute approximate surface area is 244 Å². The molecule has 8 heteroatoms. The monoisotopic (exact) mass is 563 g/mol. The lowest BCUT2D eigenvalue weighted by Gasteiger charge is -2.45. The zero-order valence-electron chi connectivity index (χ0n) is 25.5. The van der Waals surface area contributed by atoms with Crippen molar-refractivity contribution in [1.82, 2.24) is 14.7 Å². The highest BCUT2D eigenvalue weighted by Gasteiger charge is 2.75. The SMILES string of the molecule is CN1CC=C[C@@]2(C)O[C@]34C=CCN(C(C)(C)CC(C)(C)C)C(=O)C3N([C@@H](CO)Cc3ccccc3)C(=O)[C@@H]4[C@H]2C1=O. The minimum Gasteiger partial charge on any atom is -0.394 e. The third-order valence-electron chi connectivity index (χ3n) is 9.31. The lowest BCUT2D eigenvalue weighted by Crippen LogP contribution is -2.62. The summed E-state index contributed by atoms with van der Waals surface area (Å²) < 4.78 is 6.91. The summed E-state index contributed by atoms with van der Waals surface area (Å²) in [5, 5.41) is 10.7. The van der Waals surface area contributed by atoms with Crippen molar-refractivity contribution in [3.05, 3.63) is 60.2 Å². The van der Waals surface area contributed by atoms with Crippen molar-refractivity contribution in [1.29, 1.82) is 0 Å². The molecule has 4 aliphatic heterocycles. The van der Waals surface area contributed by atoms with Crippen LogP contribution in [0, 0.1) is 17.3 Å². The highest BCUT2D eigenvalue weighted by Crippen LogP contribution is 2.58.